The second-order valence-corrected chi connectivity index (χ2v) is 7.33. The molecule has 0 radical (unpaired) electrons. The Morgan fingerprint density at radius 2 is 1.82 bits per heavy atom. The van der Waals surface area contributed by atoms with Gasteiger partial charge in [-0.3, -0.25) is 0 Å². The van der Waals surface area contributed by atoms with E-state index in [1.54, 1.807) is 4.52 Å². The molecule has 0 saturated heterocycles. The zero-order valence-corrected chi connectivity index (χ0v) is 15.9. The second-order valence-electron chi connectivity index (χ2n) is 7.33. The molecule has 0 unspecified atom stereocenters. The third kappa shape index (κ3) is 3.15. The number of nitrogens with zero attached hydrogens (tertiary/aromatic N) is 4. The Labute approximate surface area is 163 Å². The normalized spacial score (nSPS) is 14.8. The summed E-state index contributed by atoms with van der Waals surface area (Å²) >= 11 is 0. The zero-order valence-electron chi connectivity index (χ0n) is 15.9. The summed E-state index contributed by atoms with van der Waals surface area (Å²) < 4.78 is 8.05. The van der Waals surface area contributed by atoms with Crippen LogP contribution in [0.2, 0.25) is 0 Å². The molecule has 1 N–H and O–H groups in total. The van der Waals surface area contributed by atoms with Gasteiger partial charge in [-0.05, 0) is 50.8 Å². The molecule has 0 bridgehead atoms. The van der Waals surface area contributed by atoms with Crippen molar-refractivity contribution in [3.8, 4) is 5.75 Å². The molecule has 0 spiro atoms. The number of aromatic nitrogens is 4. The van der Waals surface area contributed by atoms with Gasteiger partial charge in [0.25, 0.3) is 0 Å². The molecule has 6 heteroatoms. The highest BCUT2D eigenvalue weighted by atomic mass is 16.5. The SMILES string of the molecule is Cc1nc2c3ccccc3nc(NCc3ccccc3OC3CCCC3)n2n1. The first kappa shape index (κ1) is 17.0. The first-order valence-corrected chi connectivity index (χ1v) is 9.88. The second kappa shape index (κ2) is 7.11. The Morgan fingerprint density at radius 3 is 2.71 bits per heavy atom. The molecule has 5 rings (SSSR count). The summed E-state index contributed by atoms with van der Waals surface area (Å²) in [5, 5.41) is 8.97. The minimum Gasteiger partial charge on any atom is -0.490 e. The summed E-state index contributed by atoms with van der Waals surface area (Å²) in [6.07, 6.45) is 5.15. The van der Waals surface area contributed by atoms with E-state index in [1.807, 2.05) is 43.3 Å². The first-order chi connectivity index (χ1) is 13.8. The minimum absolute atomic E-state index is 0.338. The van der Waals surface area contributed by atoms with Crippen LogP contribution in [0.15, 0.2) is 48.5 Å². The Hall–Kier alpha value is -3.15. The molecule has 1 aliphatic rings. The highest BCUT2D eigenvalue weighted by Crippen LogP contribution is 2.27. The topological polar surface area (TPSA) is 64.3 Å². The number of fused-ring (bicyclic) bond motifs is 3. The van der Waals surface area contributed by atoms with Crippen LogP contribution in [-0.4, -0.2) is 25.7 Å². The average Bonchev–Trinajstić information content (AvgIpc) is 3.36. The molecule has 2 heterocycles. The summed E-state index contributed by atoms with van der Waals surface area (Å²) in [5.74, 6) is 2.37. The standard InChI is InChI=1S/C22H23N5O/c1-15-24-21-18-11-5-6-12-19(18)25-22(27(21)26-15)23-14-16-8-2-7-13-20(16)28-17-9-3-4-10-17/h2,5-8,11-13,17H,3-4,9-10,14H2,1H3,(H,23,25). The van der Waals surface area contributed by atoms with Gasteiger partial charge in [0, 0.05) is 17.5 Å². The number of anilines is 1. The molecule has 0 amide bonds. The van der Waals surface area contributed by atoms with E-state index in [1.165, 1.54) is 12.8 Å². The van der Waals surface area contributed by atoms with Crippen LogP contribution in [0.5, 0.6) is 5.75 Å². The molecular weight excluding hydrogens is 350 g/mol. The Balaban J connectivity index is 1.46. The van der Waals surface area contributed by atoms with Crippen LogP contribution in [0, 0.1) is 6.92 Å². The third-order valence-corrected chi connectivity index (χ3v) is 5.29. The van der Waals surface area contributed by atoms with E-state index in [2.05, 4.69) is 27.5 Å². The lowest BCUT2D eigenvalue weighted by atomic mass is 10.2. The highest BCUT2D eigenvalue weighted by Gasteiger charge is 2.18. The van der Waals surface area contributed by atoms with Gasteiger partial charge in [-0.2, -0.15) is 4.52 Å². The molecule has 0 aliphatic heterocycles. The van der Waals surface area contributed by atoms with Crippen molar-refractivity contribution < 1.29 is 4.74 Å². The zero-order chi connectivity index (χ0) is 18.9. The fraction of sp³-hybridized carbons (Fsp3) is 0.318. The van der Waals surface area contributed by atoms with E-state index < -0.39 is 0 Å². The van der Waals surface area contributed by atoms with Gasteiger partial charge in [-0.1, -0.05) is 30.3 Å². The molecule has 6 nitrogen and oxygen atoms in total. The lowest BCUT2D eigenvalue weighted by molar-refractivity contribution is 0.208. The fourth-order valence-corrected chi connectivity index (χ4v) is 3.90. The van der Waals surface area contributed by atoms with Gasteiger partial charge in [-0.15, -0.1) is 5.10 Å². The maximum atomic E-state index is 6.26. The van der Waals surface area contributed by atoms with Gasteiger partial charge in [0.2, 0.25) is 5.95 Å². The van der Waals surface area contributed by atoms with Crippen LogP contribution in [0.1, 0.15) is 37.1 Å². The van der Waals surface area contributed by atoms with Crippen molar-refractivity contribution in [2.24, 2.45) is 0 Å². The molecule has 0 atom stereocenters. The number of rotatable bonds is 5. The summed E-state index contributed by atoms with van der Waals surface area (Å²) in [4.78, 5) is 9.36. The molecule has 4 aromatic rings. The van der Waals surface area contributed by atoms with E-state index in [0.29, 0.717) is 18.6 Å². The van der Waals surface area contributed by atoms with E-state index in [-0.39, 0.29) is 0 Å². The highest BCUT2D eigenvalue weighted by molar-refractivity contribution is 5.92. The van der Waals surface area contributed by atoms with Gasteiger partial charge in [0.05, 0.1) is 11.6 Å². The molecule has 142 valence electrons. The van der Waals surface area contributed by atoms with Crippen LogP contribution in [-0.2, 0) is 6.54 Å². The van der Waals surface area contributed by atoms with Gasteiger partial charge in [-0.25, -0.2) is 9.97 Å². The summed E-state index contributed by atoms with van der Waals surface area (Å²) in [5.41, 5.74) is 2.84. The van der Waals surface area contributed by atoms with Crippen LogP contribution in [0.3, 0.4) is 0 Å². The van der Waals surface area contributed by atoms with Gasteiger partial charge in [0.1, 0.15) is 11.6 Å². The summed E-state index contributed by atoms with van der Waals surface area (Å²) in [6.45, 7) is 2.51. The van der Waals surface area contributed by atoms with Crippen LogP contribution in [0.4, 0.5) is 5.95 Å². The Bertz CT molecular complexity index is 1130. The number of nitrogens with one attached hydrogen (secondary N) is 1. The van der Waals surface area contributed by atoms with E-state index in [9.17, 15) is 0 Å². The smallest absolute Gasteiger partial charge is 0.226 e. The van der Waals surface area contributed by atoms with Gasteiger partial charge in [0.15, 0.2) is 5.65 Å². The van der Waals surface area contributed by atoms with Crippen LogP contribution >= 0.6 is 0 Å². The molecule has 1 fully saturated rings. The van der Waals surface area contributed by atoms with Crippen molar-refractivity contribution in [2.45, 2.75) is 45.3 Å². The van der Waals surface area contributed by atoms with Crippen molar-refractivity contribution in [1.82, 2.24) is 19.6 Å². The van der Waals surface area contributed by atoms with Crippen molar-refractivity contribution in [1.29, 1.82) is 0 Å². The lowest BCUT2D eigenvalue weighted by Gasteiger charge is -2.17. The maximum absolute atomic E-state index is 6.26. The van der Waals surface area contributed by atoms with E-state index in [0.717, 1.165) is 46.5 Å². The summed E-state index contributed by atoms with van der Waals surface area (Å²) in [6, 6.07) is 16.2. The van der Waals surface area contributed by atoms with Crippen molar-refractivity contribution >= 4 is 22.5 Å². The summed E-state index contributed by atoms with van der Waals surface area (Å²) in [7, 11) is 0. The Kier molecular flexibility index (Phi) is 4.31. The number of para-hydroxylation sites is 2. The maximum Gasteiger partial charge on any atom is 0.226 e. The molecule has 1 saturated carbocycles. The molecule has 28 heavy (non-hydrogen) atoms. The van der Waals surface area contributed by atoms with E-state index >= 15 is 0 Å². The largest absolute Gasteiger partial charge is 0.490 e. The number of ether oxygens (including phenoxy) is 1. The van der Waals surface area contributed by atoms with Crippen LogP contribution in [0.25, 0.3) is 16.6 Å². The first-order valence-electron chi connectivity index (χ1n) is 9.88. The number of hydrogen-bond acceptors (Lipinski definition) is 5. The Morgan fingerprint density at radius 1 is 1.04 bits per heavy atom. The van der Waals surface area contributed by atoms with Gasteiger partial charge < -0.3 is 10.1 Å². The average molecular weight is 373 g/mol. The van der Waals surface area contributed by atoms with E-state index in [4.69, 9.17) is 9.72 Å². The number of benzene rings is 2. The van der Waals surface area contributed by atoms with Crippen LogP contribution < -0.4 is 10.1 Å². The number of aryl methyl sites for hydroxylation is 1. The fourth-order valence-electron chi connectivity index (χ4n) is 3.90. The predicted molar refractivity (Wildman–Crippen MR) is 110 cm³/mol. The molecule has 2 aromatic heterocycles. The number of hydrogen-bond donors (Lipinski definition) is 1. The molecule has 1 aliphatic carbocycles. The molecular formula is C22H23N5O. The lowest BCUT2D eigenvalue weighted by Crippen LogP contribution is -2.14. The predicted octanol–water partition coefficient (Wildman–Crippen LogP) is 4.52. The van der Waals surface area contributed by atoms with Crippen molar-refractivity contribution in [3.63, 3.8) is 0 Å². The van der Waals surface area contributed by atoms with Crippen molar-refractivity contribution in [3.05, 3.63) is 59.9 Å². The molecule has 2 aromatic carbocycles. The van der Waals surface area contributed by atoms with Gasteiger partial charge >= 0.3 is 0 Å². The quantitative estimate of drug-likeness (QED) is 0.557. The minimum atomic E-state index is 0.338. The van der Waals surface area contributed by atoms with Crippen molar-refractivity contribution in [2.75, 3.05) is 5.32 Å². The third-order valence-electron chi connectivity index (χ3n) is 5.29. The monoisotopic (exact) mass is 373 g/mol.